The zero-order valence-electron chi connectivity index (χ0n) is 36.0. The summed E-state index contributed by atoms with van der Waals surface area (Å²) in [5.74, 6) is -2.63. The molecular weight excluding hydrogens is 799 g/mol. The van der Waals surface area contributed by atoms with Crippen LogP contribution in [-0.4, -0.2) is 67.4 Å². The minimum absolute atomic E-state index is 0.0493. The van der Waals surface area contributed by atoms with Crippen molar-refractivity contribution in [1.29, 1.82) is 0 Å². The lowest BCUT2D eigenvalue weighted by molar-refractivity contribution is -0.133. The predicted octanol–water partition coefficient (Wildman–Crippen LogP) is 7.25. The summed E-state index contributed by atoms with van der Waals surface area (Å²) in [6, 6.07) is 41.3. The molecule has 6 rings (SSSR count). The van der Waals surface area contributed by atoms with Crippen molar-refractivity contribution < 1.29 is 38.2 Å². The quantitative estimate of drug-likeness (QED) is 0.0370. The van der Waals surface area contributed by atoms with Crippen LogP contribution in [0.4, 0.5) is 9.59 Å². The van der Waals surface area contributed by atoms with Crippen LogP contribution >= 0.6 is 0 Å². The number of carbonyl (C=O) groups excluding carboxylic acids is 5. The molecule has 328 valence electrons. The Kier molecular flexibility index (Phi) is 15.3. The van der Waals surface area contributed by atoms with Gasteiger partial charge in [-0.05, 0) is 66.1 Å². The van der Waals surface area contributed by atoms with E-state index in [1.54, 1.807) is 20.8 Å². The molecule has 0 saturated carbocycles. The van der Waals surface area contributed by atoms with Crippen LogP contribution in [0, 0.1) is 0 Å². The Morgan fingerprint density at radius 2 is 1.06 bits per heavy atom. The van der Waals surface area contributed by atoms with Crippen molar-refractivity contribution in [2.45, 2.75) is 76.1 Å². The maximum atomic E-state index is 14.5. The molecule has 0 saturated heterocycles. The van der Waals surface area contributed by atoms with E-state index in [1.807, 2.05) is 146 Å². The van der Waals surface area contributed by atoms with E-state index in [1.165, 1.54) is 0 Å². The van der Waals surface area contributed by atoms with Crippen molar-refractivity contribution in [3.05, 3.63) is 167 Å². The first-order chi connectivity index (χ1) is 30.4. The Morgan fingerprint density at radius 1 is 0.603 bits per heavy atom. The van der Waals surface area contributed by atoms with Gasteiger partial charge in [0.15, 0.2) is 0 Å². The number of hydrogen-bond acceptors (Lipinski definition) is 8. The first-order valence-electron chi connectivity index (χ1n) is 21.2. The summed E-state index contributed by atoms with van der Waals surface area (Å²) >= 11 is 0. The number of benzene rings is 5. The molecule has 5 amide bonds. The number of ether oxygens (including phenoxy) is 3. The summed E-state index contributed by atoms with van der Waals surface area (Å²) in [6.07, 6.45) is -0.812. The number of hydrogen-bond donors (Lipinski definition) is 5. The summed E-state index contributed by atoms with van der Waals surface area (Å²) in [7, 11) is 0. The largest absolute Gasteiger partial charge is 0.449 e. The highest BCUT2D eigenvalue weighted by molar-refractivity contribution is 5.94. The second-order valence-corrected chi connectivity index (χ2v) is 16.2. The summed E-state index contributed by atoms with van der Waals surface area (Å²) in [5.41, 5.74) is 8.92. The van der Waals surface area contributed by atoms with Gasteiger partial charge in [0, 0.05) is 12.5 Å². The number of amides is 5. The van der Waals surface area contributed by atoms with Gasteiger partial charge < -0.3 is 30.2 Å². The molecule has 1 aliphatic rings. The topological polar surface area (TPSA) is 173 Å². The van der Waals surface area contributed by atoms with Crippen LogP contribution in [0.25, 0.3) is 11.1 Å². The molecule has 1 aliphatic carbocycles. The van der Waals surface area contributed by atoms with E-state index in [2.05, 4.69) is 26.8 Å². The second-order valence-electron chi connectivity index (χ2n) is 16.2. The van der Waals surface area contributed by atoms with Crippen molar-refractivity contribution in [3.63, 3.8) is 0 Å². The maximum absolute atomic E-state index is 14.5. The summed E-state index contributed by atoms with van der Waals surface area (Å²) in [5, 5.41) is 8.30. The van der Waals surface area contributed by atoms with Crippen molar-refractivity contribution in [2.24, 2.45) is 0 Å². The van der Waals surface area contributed by atoms with E-state index in [0.29, 0.717) is 6.61 Å². The molecule has 0 heterocycles. The van der Waals surface area contributed by atoms with Gasteiger partial charge in [0.05, 0.1) is 13.0 Å². The van der Waals surface area contributed by atoms with Crippen LogP contribution in [0.2, 0.25) is 0 Å². The van der Waals surface area contributed by atoms with Gasteiger partial charge in [-0.2, -0.15) is 0 Å². The van der Waals surface area contributed by atoms with E-state index in [0.717, 1.165) is 51.8 Å². The highest BCUT2D eigenvalue weighted by atomic mass is 16.6. The lowest BCUT2D eigenvalue weighted by Crippen LogP contribution is -2.58. The van der Waals surface area contributed by atoms with Gasteiger partial charge in [0.25, 0.3) is 11.8 Å². The van der Waals surface area contributed by atoms with Gasteiger partial charge in [0.2, 0.25) is 5.91 Å². The van der Waals surface area contributed by atoms with Gasteiger partial charge in [0.1, 0.15) is 29.8 Å². The third-order valence-corrected chi connectivity index (χ3v) is 10.5. The molecular formula is C50H55N5O8. The van der Waals surface area contributed by atoms with E-state index < -0.39 is 59.6 Å². The van der Waals surface area contributed by atoms with Crippen LogP contribution in [0.5, 0.6) is 0 Å². The van der Waals surface area contributed by atoms with E-state index in [9.17, 15) is 24.0 Å². The first-order valence-corrected chi connectivity index (χ1v) is 21.2. The highest BCUT2D eigenvalue weighted by Crippen LogP contribution is 2.44. The third-order valence-electron chi connectivity index (χ3n) is 10.5. The summed E-state index contributed by atoms with van der Waals surface area (Å²) < 4.78 is 16.8. The minimum atomic E-state index is -1.56. The normalized spacial score (nSPS) is 13.0. The molecule has 0 fully saturated rings. The van der Waals surface area contributed by atoms with Crippen LogP contribution < -0.4 is 26.8 Å². The van der Waals surface area contributed by atoms with Crippen molar-refractivity contribution in [1.82, 2.24) is 26.8 Å². The number of unbranched alkanes of at least 4 members (excludes halogenated alkanes) is 1. The minimum Gasteiger partial charge on any atom is -0.449 e. The van der Waals surface area contributed by atoms with Gasteiger partial charge in [-0.3, -0.25) is 25.2 Å². The van der Waals surface area contributed by atoms with E-state index in [-0.39, 0.29) is 19.1 Å². The Hall–Kier alpha value is -6.99. The number of rotatable bonds is 17. The number of fused-ring (bicyclic) bond motifs is 3. The Bertz CT molecular complexity index is 2190. The fraction of sp³-hybridized carbons (Fsp3) is 0.300. The zero-order valence-corrected chi connectivity index (χ0v) is 36.0. The molecule has 2 atom stereocenters. The highest BCUT2D eigenvalue weighted by Gasteiger charge is 2.39. The first kappa shape index (κ1) is 45.5. The van der Waals surface area contributed by atoms with Crippen molar-refractivity contribution in [3.8, 4) is 11.1 Å². The van der Waals surface area contributed by atoms with Gasteiger partial charge in [-0.15, -0.1) is 0 Å². The molecule has 0 bridgehead atoms. The standard InChI is InChI=1S/C50H55N5O8/c1-5-6-30-61-33-43(52-48(60)63-49(2,3)4)46(58)55-54-45(57)42(51-47(59)62-32-41-39-28-18-16-26-37(39)38-27-17-19-29-40(38)41)31-44(56)53-50(34-20-10-7-11-21-34,35-22-12-8-13-23-35)36-24-14-9-15-25-36/h7-29,41-43H,5-6,30-33H2,1-4H3,(H,51,59)(H,52,60)(H,53,56)(H,54,57)(H,55,58)/t42-,43-/m0/s1. The van der Waals surface area contributed by atoms with Crippen LogP contribution in [0.1, 0.15) is 80.7 Å². The van der Waals surface area contributed by atoms with Gasteiger partial charge >= 0.3 is 12.2 Å². The summed E-state index contributed by atoms with van der Waals surface area (Å²) in [6.45, 7) is 7.10. The predicted molar refractivity (Wildman–Crippen MR) is 239 cm³/mol. The fourth-order valence-corrected chi connectivity index (χ4v) is 7.60. The molecule has 0 radical (unpaired) electrons. The lowest BCUT2D eigenvalue weighted by atomic mass is 9.77. The molecule has 5 N–H and O–H groups in total. The van der Waals surface area contributed by atoms with E-state index >= 15 is 0 Å². The molecule has 0 unspecified atom stereocenters. The zero-order chi connectivity index (χ0) is 44.8. The average Bonchev–Trinajstić information content (AvgIpc) is 3.61. The second kappa shape index (κ2) is 21.2. The summed E-state index contributed by atoms with van der Waals surface area (Å²) in [4.78, 5) is 68.6. The maximum Gasteiger partial charge on any atom is 0.408 e. The van der Waals surface area contributed by atoms with Crippen LogP contribution in [0.3, 0.4) is 0 Å². The van der Waals surface area contributed by atoms with Crippen molar-refractivity contribution >= 4 is 29.9 Å². The smallest absolute Gasteiger partial charge is 0.408 e. The Morgan fingerprint density at radius 3 is 1.56 bits per heavy atom. The fourth-order valence-electron chi connectivity index (χ4n) is 7.60. The molecule has 5 aromatic rings. The number of alkyl carbamates (subject to hydrolysis) is 2. The monoisotopic (exact) mass is 853 g/mol. The number of carbonyl (C=O) groups is 5. The molecule has 0 aromatic heterocycles. The SMILES string of the molecule is CCCCOC[C@H](NC(=O)OC(C)(C)C)C(=O)NNC(=O)[C@H](CC(=O)NC(c1ccccc1)(c1ccccc1)c1ccccc1)NC(=O)OCC1c2ccccc2-c2ccccc21. The van der Waals surface area contributed by atoms with Crippen molar-refractivity contribution in [2.75, 3.05) is 19.8 Å². The molecule has 13 nitrogen and oxygen atoms in total. The third kappa shape index (κ3) is 11.7. The Balaban J connectivity index is 1.25. The Labute approximate surface area is 368 Å². The van der Waals surface area contributed by atoms with Crippen LogP contribution in [0.15, 0.2) is 140 Å². The number of nitrogens with one attached hydrogen (secondary N) is 5. The molecule has 5 aromatic carbocycles. The molecule has 13 heteroatoms. The molecule has 63 heavy (non-hydrogen) atoms. The average molecular weight is 854 g/mol. The van der Waals surface area contributed by atoms with Gasteiger partial charge in [-0.1, -0.05) is 153 Å². The molecule has 0 aliphatic heterocycles. The van der Waals surface area contributed by atoms with Gasteiger partial charge in [-0.25, -0.2) is 9.59 Å². The molecule has 0 spiro atoms. The lowest BCUT2D eigenvalue weighted by Gasteiger charge is -2.37. The number of hydrazine groups is 1. The van der Waals surface area contributed by atoms with Crippen LogP contribution in [-0.2, 0) is 34.1 Å². The van der Waals surface area contributed by atoms with E-state index in [4.69, 9.17) is 14.2 Å².